The summed E-state index contributed by atoms with van der Waals surface area (Å²) in [6.07, 6.45) is 0.654. The van der Waals surface area contributed by atoms with E-state index in [4.69, 9.17) is 0 Å². The number of halogens is 2. The number of nitrogens with zero attached hydrogens (tertiary/aromatic N) is 3. The van der Waals surface area contributed by atoms with Crippen LogP contribution in [0.25, 0.3) is 21.9 Å². The van der Waals surface area contributed by atoms with Gasteiger partial charge in [0.1, 0.15) is 11.7 Å². The van der Waals surface area contributed by atoms with E-state index in [2.05, 4.69) is 20.3 Å². The second-order valence-corrected chi connectivity index (χ2v) is 11.4. The van der Waals surface area contributed by atoms with E-state index < -0.39 is 29.0 Å². The monoisotopic (exact) mass is 534 g/mol. The molecule has 39 heavy (non-hydrogen) atoms. The summed E-state index contributed by atoms with van der Waals surface area (Å²) in [4.78, 5) is 53.9. The molecule has 0 unspecified atom stereocenters. The molecule has 3 N–H and O–H groups in total. The van der Waals surface area contributed by atoms with Crippen molar-refractivity contribution in [2.45, 2.75) is 45.3 Å². The number of hydrogen-bond donors (Lipinski definition) is 3. The molecule has 0 saturated carbocycles. The lowest BCUT2D eigenvalue weighted by molar-refractivity contribution is -0.138. The first kappa shape index (κ1) is 25.0. The lowest BCUT2D eigenvalue weighted by Crippen LogP contribution is -2.59. The van der Waals surface area contributed by atoms with Gasteiger partial charge in [0.15, 0.2) is 17.5 Å². The molecule has 2 aromatic heterocycles. The van der Waals surface area contributed by atoms with Crippen molar-refractivity contribution in [1.29, 1.82) is 0 Å². The van der Waals surface area contributed by atoms with Crippen molar-refractivity contribution in [2.75, 3.05) is 13.1 Å². The van der Waals surface area contributed by atoms with E-state index in [-0.39, 0.29) is 40.9 Å². The van der Waals surface area contributed by atoms with Crippen LogP contribution in [0.4, 0.5) is 8.78 Å². The Morgan fingerprint density at radius 2 is 1.67 bits per heavy atom. The molecule has 9 nitrogen and oxygen atoms in total. The van der Waals surface area contributed by atoms with Crippen LogP contribution in [-0.2, 0) is 4.79 Å². The largest absolute Gasteiger partial charge is 0.350 e. The van der Waals surface area contributed by atoms with E-state index >= 15 is 0 Å². The molecule has 0 spiro atoms. The molecule has 4 aromatic rings. The second-order valence-electron chi connectivity index (χ2n) is 11.4. The Morgan fingerprint density at radius 1 is 0.974 bits per heavy atom. The van der Waals surface area contributed by atoms with Crippen LogP contribution in [0.5, 0.6) is 0 Å². The van der Waals surface area contributed by atoms with Crippen LogP contribution in [0.3, 0.4) is 0 Å². The van der Waals surface area contributed by atoms with E-state index in [0.29, 0.717) is 24.9 Å². The number of aromatic amines is 2. The fourth-order valence-electron chi connectivity index (χ4n) is 5.65. The van der Waals surface area contributed by atoms with Gasteiger partial charge in [0.05, 0.1) is 23.1 Å². The van der Waals surface area contributed by atoms with E-state index in [0.717, 1.165) is 23.2 Å². The minimum absolute atomic E-state index is 0.0996. The number of fused-ring (bicyclic) bond motifs is 4. The number of imidazole rings is 1. The van der Waals surface area contributed by atoms with Crippen molar-refractivity contribution < 1.29 is 23.2 Å². The third kappa shape index (κ3) is 4.31. The van der Waals surface area contributed by atoms with Gasteiger partial charge >= 0.3 is 0 Å². The number of carbonyl (C=O) groups is 3. The van der Waals surface area contributed by atoms with Crippen LogP contribution in [0, 0.1) is 17.0 Å². The fourth-order valence-corrected chi connectivity index (χ4v) is 5.65. The van der Waals surface area contributed by atoms with Crippen molar-refractivity contribution in [1.82, 2.24) is 30.1 Å². The molecule has 2 aliphatic rings. The number of likely N-dealkylation sites (tertiary alicyclic amines) is 2. The smallest absolute Gasteiger partial charge is 0.290 e. The average molecular weight is 535 g/mol. The van der Waals surface area contributed by atoms with Gasteiger partial charge in [-0.1, -0.05) is 32.9 Å². The Bertz CT molecular complexity index is 1570. The Balaban J connectivity index is 1.17. The highest BCUT2D eigenvalue weighted by Crippen LogP contribution is 2.34. The molecule has 3 amide bonds. The Labute approximate surface area is 222 Å². The number of aromatic nitrogens is 3. The van der Waals surface area contributed by atoms with Gasteiger partial charge in [-0.25, -0.2) is 13.8 Å². The van der Waals surface area contributed by atoms with Crippen molar-refractivity contribution in [3.8, 4) is 0 Å². The first-order chi connectivity index (χ1) is 18.5. The number of nitrogens with one attached hydrogen (secondary N) is 3. The predicted molar refractivity (Wildman–Crippen MR) is 140 cm³/mol. The van der Waals surface area contributed by atoms with E-state index in [1.165, 1.54) is 6.07 Å². The standard InChI is InChI=1S/C28H28F2N6O3/c1-28(2,3)23(34-25(37)22-9-14-8-17(29)18(30)11-21(14)31-22)26(38)35-12-16-10-15(35)13-36(16)27(39)24-32-19-6-4-5-7-20(19)33-24/h4-9,11,15-16,23,31H,10,12-13H2,1-3H3,(H,32,33)(H,34,37)/t15-,16-,23+/m0/s1. The molecular formula is C28H28F2N6O3. The maximum absolute atomic E-state index is 13.8. The number of amides is 3. The Kier molecular flexibility index (Phi) is 5.70. The Hall–Kier alpha value is -4.28. The molecule has 0 aliphatic carbocycles. The third-order valence-electron chi connectivity index (χ3n) is 7.67. The summed E-state index contributed by atoms with van der Waals surface area (Å²) >= 11 is 0. The topological polar surface area (TPSA) is 114 Å². The first-order valence-corrected chi connectivity index (χ1v) is 12.8. The lowest BCUT2D eigenvalue weighted by Gasteiger charge is -2.39. The average Bonchev–Trinajstić information content (AvgIpc) is 3.67. The summed E-state index contributed by atoms with van der Waals surface area (Å²) in [6, 6.07) is 9.71. The lowest BCUT2D eigenvalue weighted by atomic mass is 9.85. The molecule has 2 aliphatic heterocycles. The van der Waals surface area contributed by atoms with Crippen molar-refractivity contribution in [3.05, 3.63) is 65.6 Å². The van der Waals surface area contributed by atoms with Gasteiger partial charge in [0, 0.05) is 30.1 Å². The molecule has 11 heteroatoms. The molecular weight excluding hydrogens is 506 g/mol. The zero-order valence-electron chi connectivity index (χ0n) is 21.7. The number of carbonyl (C=O) groups excluding carboxylic acids is 3. The van der Waals surface area contributed by atoms with Crippen LogP contribution >= 0.6 is 0 Å². The summed E-state index contributed by atoms with van der Waals surface area (Å²) in [7, 11) is 0. The van der Waals surface area contributed by atoms with Crippen molar-refractivity contribution in [3.63, 3.8) is 0 Å². The van der Waals surface area contributed by atoms with Crippen molar-refractivity contribution >= 4 is 39.7 Å². The van der Waals surface area contributed by atoms with Crippen LogP contribution in [0.2, 0.25) is 0 Å². The molecule has 2 aromatic carbocycles. The van der Waals surface area contributed by atoms with Gasteiger partial charge < -0.3 is 25.1 Å². The van der Waals surface area contributed by atoms with Crippen LogP contribution in [0.1, 0.15) is 48.3 Å². The summed E-state index contributed by atoms with van der Waals surface area (Å²) in [5.41, 5.74) is 1.26. The minimum Gasteiger partial charge on any atom is -0.350 e. The highest BCUT2D eigenvalue weighted by molar-refractivity contribution is 6.00. The van der Waals surface area contributed by atoms with Crippen molar-refractivity contribution in [2.24, 2.45) is 5.41 Å². The summed E-state index contributed by atoms with van der Waals surface area (Å²) in [6.45, 7) is 6.33. The van der Waals surface area contributed by atoms with Gasteiger partial charge in [-0.3, -0.25) is 14.4 Å². The number of hydrogen-bond acceptors (Lipinski definition) is 4. The number of para-hydroxylation sites is 2. The SMILES string of the molecule is CC(C)(C)[C@H](NC(=O)c1cc2cc(F)c(F)cc2[nH]1)C(=O)N1C[C@@H]2C[C@H]1CN2C(=O)c1nc2ccccc2[nH]1. The minimum atomic E-state index is -1.02. The number of piperazine rings is 1. The number of H-pyrrole nitrogens is 2. The van der Waals surface area contributed by atoms with Gasteiger partial charge in [0.25, 0.3) is 11.8 Å². The van der Waals surface area contributed by atoms with Crippen LogP contribution in [-0.4, -0.2) is 73.7 Å². The molecule has 2 bridgehead atoms. The van der Waals surface area contributed by atoms with E-state index in [1.54, 1.807) is 9.80 Å². The normalized spacial score (nSPS) is 19.7. The summed E-state index contributed by atoms with van der Waals surface area (Å²) in [5.74, 6) is -2.72. The van der Waals surface area contributed by atoms with Gasteiger partial charge in [-0.2, -0.15) is 0 Å². The zero-order chi connectivity index (χ0) is 27.6. The molecule has 3 atom stereocenters. The summed E-state index contributed by atoms with van der Waals surface area (Å²) < 4.78 is 27.3. The molecule has 202 valence electrons. The van der Waals surface area contributed by atoms with Gasteiger partial charge in [-0.05, 0) is 36.1 Å². The number of rotatable bonds is 4. The predicted octanol–water partition coefficient (Wildman–Crippen LogP) is 3.59. The van der Waals surface area contributed by atoms with Crippen LogP contribution < -0.4 is 5.32 Å². The fraction of sp³-hybridized carbons (Fsp3) is 0.357. The van der Waals surface area contributed by atoms with Crippen LogP contribution in [0.15, 0.2) is 42.5 Å². The highest BCUT2D eigenvalue weighted by Gasteiger charge is 2.50. The first-order valence-electron chi connectivity index (χ1n) is 12.8. The second kappa shape index (κ2) is 8.89. The third-order valence-corrected chi connectivity index (χ3v) is 7.67. The molecule has 6 rings (SSSR count). The van der Waals surface area contributed by atoms with Gasteiger partial charge in [0.2, 0.25) is 5.91 Å². The molecule has 2 fully saturated rings. The molecule has 4 heterocycles. The zero-order valence-corrected chi connectivity index (χ0v) is 21.7. The maximum Gasteiger partial charge on any atom is 0.290 e. The maximum atomic E-state index is 13.8. The molecule has 2 saturated heterocycles. The molecule has 0 radical (unpaired) electrons. The van der Waals surface area contributed by atoms with E-state index in [1.807, 2.05) is 45.0 Å². The number of benzene rings is 2. The quantitative estimate of drug-likeness (QED) is 0.371. The highest BCUT2D eigenvalue weighted by atomic mass is 19.2. The Morgan fingerprint density at radius 3 is 2.36 bits per heavy atom. The van der Waals surface area contributed by atoms with E-state index in [9.17, 15) is 23.2 Å². The van der Waals surface area contributed by atoms with Gasteiger partial charge in [-0.15, -0.1) is 0 Å². The summed E-state index contributed by atoms with van der Waals surface area (Å²) in [5, 5.41) is 3.18.